The number of hydrogen-bond acceptors (Lipinski definition) is 4. The Hall–Kier alpha value is -2.12. The highest BCUT2D eigenvalue weighted by Crippen LogP contribution is 1.94. The van der Waals surface area contributed by atoms with Crippen LogP contribution < -0.4 is 5.32 Å². The van der Waals surface area contributed by atoms with Gasteiger partial charge in [-0.1, -0.05) is 6.92 Å². The highest BCUT2D eigenvalue weighted by Gasteiger charge is 2.15. The number of urea groups is 1. The Morgan fingerprint density at radius 3 is 2.88 bits per heavy atom. The lowest BCUT2D eigenvalue weighted by Gasteiger charge is -2.19. The monoisotopic (exact) mass is 241 g/mol. The van der Waals surface area contributed by atoms with E-state index < -0.39 is 12.0 Å². The molecule has 0 unspecified atom stereocenters. The SMILES string of the molecule is CCCN(CC(=O)O)C(=O)NCc1ncn[nH]1. The van der Waals surface area contributed by atoms with Gasteiger partial charge in [-0.2, -0.15) is 5.10 Å². The third-order valence-electron chi connectivity index (χ3n) is 1.98. The van der Waals surface area contributed by atoms with Crippen LogP contribution in [-0.4, -0.2) is 50.3 Å². The van der Waals surface area contributed by atoms with Crippen molar-refractivity contribution in [2.75, 3.05) is 13.1 Å². The lowest BCUT2D eigenvalue weighted by molar-refractivity contribution is -0.137. The van der Waals surface area contributed by atoms with Crippen LogP contribution >= 0.6 is 0 Å². The van der Waals surface area contributed by atoms with E-state index >= 15 is 0 Å². The van der Waals surface area contributed by atoms with Crippen molar-refractivity contribution in [3.8, 4) is 0 Å². The smallest absolute Gasteiger partial charge is 0.323 e. The molecule has 0 atom stereocenters. The summed E-state index contributed by atoms with van der Waals surface area (Å²) in [7, 11) is 0. The normalized spacial score (nSPS) is 9.94. The van der Waals surface area contributed by atoms with Gasteiger partial charge in [0.2, 0.25) is 0 Å². The molecular formula is C9H15N5O3. The van der Waals surface area contributed by atoms with Crippen molar-refractivity contribution in [2.45, 2.75) is 19.9 Å². The number of aromatic nitrogens is 3. The standard InChI is InChI=1S/C9H15N5O3/c1-2-3-14(5-8(15)16)9(17)10-4-7-11-6-12-13-7/h6H,2-5H2,1H3,(H,10,17)(H,15,16)(H,11,12,13). The molecule has 1 aromatic heterocycles. The van der Waals surface area contributed by atoms with Crippen LogP contribution in [0.15, 0.2) is 6.33 Å². The molecule has 0 aromatic carbocycles. The Kier molecular flexibility index (Phi) is 4.92. The highest BCUT2D eigenvalue weighted by molar-refractivity contribution is 5.79. The number of carbonyl (C=O) groups is 2. The van der Waals surface area contributed by atoms with Gasteiger partial charge in [0.15, 0.2) is 0 Å². The quantitative estimate of drug-likeness (QED) is 0.639. The summed E-state index contributed by atoms with van der Waals surface area (Å²) in [5.41, 5.74) is 0. The molecule has 0 bridgehead atoms. The first-order valence-electron chi connectivity index (χ1n) is 5.22. The van der Waals surface area contributed by atoms with Gasteiger partial charge in [-0.25, -0.2) is 9.78 Å². The van der Waals surface area contributed by atoms with Crippen molar-refractivity contribution in [3.05, 3.63) is 12.2 Å². The average molecular weight is 241 g/mol. The van der Waals surface area contributed by atoms with Crippen LogP contribution in [-0.2, 0) is 11.3 Å². The van der Waals surface area contributed by atoms with Gasteiger partial charge in [0, 0.05) is 6.54 Å². The van der Waals surface area contributed by atoms with Gasteiger partial charge < -0.3 is 15.3 Å². The number of H-pyrrole nitrogens is 1. The van der Waals surface area contributed by atoms with Crippen LogP contribution in [0.4, 0.5) is 4.79 Å². The van der Waals surface area contributed by atoms with Gasteiger partial charge in [-0.3, -0.25) is 9.89 Å². The minimum Gasteiger partial charge on any atom is -0.480 e. The van der Waals surface area contributed by atoms with Crippen molar-refractivity contribution in [1.82, 2.24) is 25.4 Å². The van der Waals surface area contributed by atoms with Gasteiger partial charge in [0.1, 0.15) is 18.7 Å². The number of carboxylic acids is 1. The van der Waals surface area contributed by atoms with Crippen molar-refractivity contribution in [3.63, 3.8) is 0 Å². The van der Waals surface area contributed by atoms with Crippen LogP contribution in [0.5, 0.6) is 0 Å². The second-order valence-electron chi connectivity index (χ2n) is 3.41. The van der Waals surface area contributed by atoms with E-state index in [-0.39, 0.29) is 13.1 Å². The molecule has 17 heavy (non-hydrogen) atoms. The Morgan fingerprint density at radius 1 is 1.59 bits per heavy atom. The van der Waals surface area contributed by atoms with Crippen LogP contribution in [0, 0.1) is 0 Å². The number of hydrogen-bond donors (Lipinski definition) is 3. The van der Waals surface area contributed by atoms with Crippen LogP contribution in [0.3, 0.4) is 0 Å². The average Bonchev–Trinajstić information content (AvgIpc) is 2.77. The molecule has 0 radical (unpaired) electrons. The summed E-state index contributed by atoms with van der Waals surface area (Å²) in [4.78, 5) is 27.3. The fourth-order valence-corrected chi connectivity index (χ4v) is 1.27. The number of nitrogens with one attached hydrogen (secondary N) is 2. The lowest BCUT2D eigenvalue weighted by Crippen LogP contribution is -2.43. The minimum atomic E-state index is -1.03. The zero-order chi connectivity index (χ0) is 12.7. The van der Waals surface area contributed by atoms with Gasteiger partial charge in [0.05, 0.1) is 6.54 Å². The van der Waals surface area contributed by atoms with Crippen molar-refractivity contribution in [1.29, 1.82) is 0 Å². The molecular weight excluding hydrogens is 226 g/mol. The summed E-state index contributed by atoms with van der Waals surface area (Å²) in [6.45, 7) is 2.15. The molecule has 8 heteroatoms. The van der Waals surface area contributed by atoms with E-state index in [0.29, 0.717) is 18.8 Å². The molecule has 1 rings (SSSR count). The van der Waals surface area contributed by atoms with Crippen LogP contribution in [0.25, 0.3) is 0 Å². The van der Waals surface area contributed by atoms with E-state index in [9.17, 15) is 9.59 Å². The number of aliphatic carboxylic acids is 1. The summed E-state index contributed by atoms with van der Waals surface area (Å²) in [6.07, 6.45) is 2.03. The first-order chi connectivity index (χ1) is 8.13. The first-order valence-corrected chi connectivity index (χ1v) is 5.22. The Bertz CT molecular complexity index is 365. The zero-order valence-corrected chi connectivity index (χ0v) is 9.51. The third-order valence-corrected chi connectivity index (χ3v) is 1.98. The zero-order valence-electron chi connectivity index (χ0n) is 9.51. The minimum absolute atomic E-state index is 0.193. The molecule has 3 N–H and O–H groups in total. The Morgan fingerprint density at radius 2 is 2.35 bits per heavy atom. The molecule has 94 valence electrons. The molecule has 0 fully saturated rings. The molecule has 0 aliphatic heterocycles. The maximum absolute atomic E-state index is 11.7. The molecule has 0 spiro atoms. The van der Waals surface area contributed by atoms with Crippen molar-refractivity contribution >= 4 is 12.0 Å². The molecule has 2 amide bonds. The number of amides is 2. The Balaban J connectivity index is 2.44. The maximum Gasteiger partial charge on any atom is 0.323 e. The van der Waals surface area contributed by atoms with E-state index in [1.54, 1.807) is 0 Å². The van der Waals surface area contributed by atoms with E-state index in [1.807, 2.05) is 6.92 Å². The summed E-state index contributed by atoms with van der Waals surface area (Å²) in [5.74, 6) is -0.515. The van der Waals surface area contributed by atoms with Crippen molar-refractivity contribution in [2.24, 2.45) is 0 Å². The number of carbonyl (C=O) groups excluding carboxylic acids is 1. The molecule has 0 saturated heterocycles. The van der Waals surface area contributed by atoms with Crippen molar-refractivity contribution < 1.29 is 14.7 Å². The largest absolute Gasteiger partial charge is 0.480 e. The fraction of sp³-hybridized carbons (Fsp3) is 0.556. The highest BCUT2D eigenvalue weighted by atomic mass is 16.4. The molecule has 1 heterocycles. The maximum atomic E-state index is 11.7. The fourth-order valence-electron chi connectivity index (χ4n) is 1.27. The van der Waals surface area contributed by atoms with Crippen LogP contribution in [0.2, 0.25) is 0 Å². The van der Waals surface area contributed by atoms with Gasteiger partial charge >= 0.3 is 12.0 Å². The molecule has 0 aliphatic rings. The number of rotatable bonds is 6. The van der Waals surface area contributed by atoms with E-state index in [4.69, 9.17) is 5.11 Å². The summed E-state index contributed by atoms with van der Waals surface area (Å²) >= 11 is 0. The van der Waals surface area contributed by atoms with Gasteiger partial charge in [-0.15, -0.1) is 0 Å². The topological polar surface area (TPSA) is 111 Å². The van der Waals surface area contributed by atoms with E-state index in [1.165, 1.54) is 11.2 Å². The summed E-state index contributed by atoms with van der Waals surface area (Å²) in [5, 5.41) is 17.5. The third kappa shape index (κ3) is 4.49. The van der Waals surface area contributed by atoms with E-state index in [0.717, 1.165) is 0 Å². The second-order valence-corrected chi connectivity index (χ2v) is 3.41. The molecule has 0 saturated carbocycles. The van der Waals surface area contributed by atoms with E-state index in [2.05, 4.69) is 20.5 Å². The number of aromatic amines is 1. The van der Waals surface area contributed by atoms with Crippen LogP contribution in [0.1, 0.15) is 19.2 Å². The number of nitrogens with zero attached hydrogens (tertiary/aromatic N) is 3. The Labute approximate surface area is 98.0 Å². The first kappa shape index (κ1) is 12.9. The summed E-state index contributed by atoms with van der Waals surface area (Å²) < 4.78 is 0. The van der Waals surface area contributed by atoms with Gasteiger partial charge in [-0.05, 0) is 6.42 Å². The number of carboxylic acid groups (broad SMARTS) is 1. The predicted molar refractivity (Wildman–Crippen MR) is 58.1 cm³/mol. The lowest BCUT2D eigenvalue weighted by atomic mass is 10.4. The van der Waals surface area contributed by atoms with Gasteiger partial charge in [0.25, 0.3) is 0 Å². The predicted octanol–water partition coefficient (Wildman–Crippen LogP) is -0.189. The molecule has 1 aromatic rings. The summed E-state index contributed by atoms with van der Waals surface area (Å²) in [6, 6.07) is -0.425. The second kappa shape index (κ2) is 6.46. The molecule has 0 aliphatic carbocycles. The molecule has 8 nitrogen and oxygen atoms in total.